The number of hydrogen-bond acceptors (Lipinski definition) is 4. The van der Waals surface area contributed by atoms with Crippen LogP contribution < -0.4 is 9.64 Å². The van der Waals surface area contributed by atoms with Crippen molar-refractivity contribution >= 4 is 45.6 Å². The first-order valence-electron chi connectivity index (χ1n) is 11.7. The molecular weight excluding hydrogens is 476 g/mol. The van der Waals surface area contributed by atoms with Crippen molar-refractivity contribution in [3.63, 3.8) is 0 Å². The molecule has 2 N–H and O–H groups in total. The number of ether oxygens (including phenoxy) is 1. The molecule has 6 nitrogen and oxygen atoms in total. The second kappa shape index (κ2) is 9.21. The van der Waals surface area contributed by atoms with Gasteiger partial charge in [-0.2, -0.15) is 0 Å². The van der Waals surface area contributed by atoms with E-state index in [1.54, 1.807) is 12.1 Å². The lowest BCUT2D eigenvalue weighted by molar-refractivity contribution is -0.132. The summed E-state index contributed by atoms with van der Waals surface area (Å²) in [4.78, 5) is 31.8. The molecule has 182 valence electrons. The van der Waals surface area contributed by atoms with Crippen molar-refractivity contribution in [1.82, 2.24) is 4.98 Å². The number of aryl methyl sites for hydroxylation is 2. The number of methoxy groups -OCH3 is 1. The number of Topliss-reactive ketones (excluding diaryl/α,β-unsaturated/α-hetero) is 1. The molecule has 1 fully saturated rings. The van der Waals surface area contributed by atoms with Crippen LogP contribution in [0.15, 0.2) is 72.3 Å². The summed E-state index contributed by atoms with van der Waals surface area (Å²) in [6.07, 6.45) is 0.850. The Morgan fingerprint density at radius 1 is 1.08 bits per heavy atom. The Labute approximate surface area is 213 Å². The average molecular weight is 501 g/mol. The zero-order valence-electron chi connectivity index (χ0n) is 20.1. The van der Waals surface area contributed by atoms with Gasteiger partial charge in [0.15, 0.2) is 0 Å². The van der Waals surface area contributed by atoms with Gasteiger partial charge in [-0.15, -0.1) is 0 Å². The van der Waals surface area contributed by atoms with Gasteiger partial charge in [0.2, 0.25) is 0 Å². The number of anilines is 1. The minimum absolute atomic E-state index is 0.00801. The molecule has 1 saturated heterocycles. The van der Waals surface area contributed by atoms with E-state index in [-0.39, 0.29) is 16.4 Å². The summed E-state index contributed by atoms with van der Waals surface area (Å²) in [6, 6.07) is 19.2. The number of carbonyl (C=O) groups is 2. The number of aromatic nitrogens is 1. The Morgan fingerprint density at radius 2 is 1.81 bits per heavy atom. The predicted octanol–water partition coefficient (Wildman–Crippen LogP) is 6.33. The maximum atomic E-state index is 13.5. The number of halogens is 1. The highest BCUT2D eigenvalue weighted by Crippen LogP contribution is 2.45. The van der Waals surface area contributed by atoms with Gasteiger partial charge in [0.25, 0.3) is 11.7 Å². The number of nitrogens with zero attached hydrogens (tertiary/aromatic N) is 1. The molecule has 1 unspecified atom stereocenters. The molecule has 0 saturated carbocycles. The zero-order valence-corrected chi connectivity index (χ0v) is 20.9. The summed E-state index contributed by atoms with van der Waals surface area (Å²) in [5.41, 5.74) is 4.46. The first-order chi connectivity index (χ1) is 17.3. The van der Waals surface area contributed by atoms with E-state index in [2.05, 4.69) is 11.9 Å². The van der Waals surface area contributed by atoms with Gasteiger partial charge < -0.3 is 14.8 Å². The lowest BCUT2D eigenvalue weighted by Gasteiger charge is -2.26. The second-order valence-corrected chi connectivity index (χ2v) is 9.15. The number of rotatable bonds is 5. The molecule has 0 aliphatic carbocycles. The summed E-state index contributed by atoms with van der Waals surface area (Å²) in [5.74, 6) is -1.31. The topological polar surface area (TPSA) is 82.6 Å². The number of H-pyrrole nitrogens is 1. The molecule has 1 atom stereocenters. The average Bonchev–Trinajstić information content (AvgIpc) is 3.35. The SMILES string of the molecule is CCc1ccc(N2C(=O)C(=O)/C(=C(/O)c3ccc(OC)c(Cl)c3)C2c2c(C)[nH]c3ccccc23)cc1. The summed E-state index contributed by atoms with van der Waals surface area (Å²) in [5, 5.41) is 12.6. The molecule has 7 heteroatoms. The van der Waals surface area contributed by atoms with Crippen molar-refractivity contribution in [3.05, 3.63) is 99.7 Å². The number of para-hydroxylation sites is 1. The number of fused-ring (bicyclic) bond motifs is 1. The van der Waals surface area contributed by atoms with Crippen LogP contribution in [0.3, 0.4) is 0 Å². The van der Waals surface area contributed by atoms with E-state index >= 15 is 0 Å². The van der Waals surface area contributed by atoms with Crippen molar-refractivity contribution < 1.29 is 19.4 Å². The van der Waals surface area contributed by atoms with Gasteiger partial charge in [-0.1, -0.05) is 48.9 Å². The molecule has 4 aromatic rings. The monoisotopic (exact) mass is 500 g/mol. The number of ketones is 1. The molecule has 5 rings (SSSR count). The molecule has 1 amide bonds. The molecular formula is C29H25ClN2O4. The molecule has 3 aromatic carbocycles. The molecule has 0 spiro atoms. The molecule has 1 aromatic heterocycles. The third-order valence-corrected chi connectivity index (χ3v) is 7.00. The van der Waals surface area contributed by atoms with Crippen LogP contribution in [0.4, 0.5) is 5.69 Å². The van der Waals surface area contributed by atoms with Crippen molar-refractivity contribution in [2.45, 2.75) is 26.3 Å². The Morgan fingerprint density at radius 3 is 2.47 bits per heavy atom. The number of aromatic amines is 1. The van der Waals surface area contributed by atoms with Crippen LogP contribution in [0.1, 0.15) is 35.3 Å². The van der Waals surface area contributed by atoms with Crippen LogP contribution >= 0.6 is 11.6 Å². The molecule has 36 heavy (non-hydrogen) atoms. The number of amides is 1. The van der Waals surface area contributed by atoms with Crippen molar-refractivity contribution in [2.24, 2.45) is 0 Å². The van der Waals surface area contributed by atoms with Crippen molar-refractivity contribution in [3.8, 4) is 5.75 Å². The van der Waals surface area contributed by atoms with E-state index in [4.69, 9.17) is 16.3 Å². The first-order valence-corrected chi connectivity index (χ1v) is 12.0. The van der Waals surface area contributed by atoms with E-state index in [1.807, 2.05) is 55.5 Å². The van der Waals surface area contributed by atoms with E-state index in [1.165, 1.54) is 18.1 Å². The van der Waals surface area contributed by atoms with Gasteiger partial charge in [-0.05, 0) is 55.3 Å². The fraction of sp³-hybridized carbons (Fsp3) is 0.172. The molecule has 1 aliphatic heterocycles. The summed E-state index contributed by atoms with van der Waals surface area (Å²) < 4.78 is 5.22. The van der Waals surface area contributed by atoms with Crippen LogP contribution in [0, 0.1) is 6.92 Å². The number of nitrogens with one attached hydrogen (secondary N) is 1. The quantitative estimate of drug-likeness (QED) is 0.191. The molecule has 1 aliphatic rings. The smallest absolute Gasteiger partial charge is 0.300 e. The van der Waals surface area contributed by atoms with Crippen LogP contribution in [0.25, 0.3) is 16.7 Å². The summed E-state index contributed by atoms with van der Waals surface area (Å²) >= 11 is 6.31. The van der Waals surface area contributed by atoms with Gasteiger partial charge in [-0.25, -0.2) is 0 Å². The Bertz CT molecular complexity index is 1530. The number of hydrogen-bond donors (Lipinski definition) is 2. The van der Waals surface area contributed by atoms with E-state index in [0.29, 0.717) is 17.0 Å². The Hall–Kier alpha value is -4.03. The van der Waals surface area contributed by atoms with Crippen LogP contribution in [0.5, 0.6) is 5.75 Å². The fourth-order valence-corrected chi connectivity index (χ4v) is 5.14. The van der Waals surface area contributed by atoms with E-state index in [0.717, 1.165) is 34.1 Å². The maximum absolute atomic E-state index is 13.5. The lowest BCUT2D eigenvalue weighted by atomic mass is 9.93. The number of carbonyl (C=O) groups excluding carboxylic acids is 2. The standard InChI is InChI=1S/C29H25ClN2O4/c1-4-17-9-12-19(13-10-17)32-26(24-16(2)31-22-8-6-5-7-20(22)24)25(28(34)29(32)35)27(33)18-11-14-23(36-3)21(30)15-18/h5-15,26,31,33H,4H2,1-3H3/b27-25+. The van der Waals surface area contributed by atoms with Gasteiger partial charge in [0.05, 0.1) is 23.7 Å². The fourth-order valence-electron chi connectivity index (χ4n) is 4.88. The second-order valence-electron chi connectivity index (χ2n) is 8.75. The molecule has 2 heterocycles. The minimum atomic E-state index is -0.838. The number of aliphatic hydroxyl groups excluding tert-OH is 1. The predicted molar refractivity (Wildman–Crippen MR) is 142 cm³/mol. The van der Waals surface area contributed by atoms with Crippen LogP contribution in [0.2, 0.25) is 5.02 Å². The maximum Gasteiger partial charge on any atom is 0.300 e. The van der Waals surface area contributed by atoms with Crippen LogP contribution in [-0.2, 0) is 16.0 Å². The zero-order chi connectivity index (χ0) is 25.6. The van der Waals surface area contributed by atoms with Gasteiger partial charge in [-0.3, -0.25) is 14.5 Å². The summed E-state index contributed by atoms with van der Waals surface area (Å²) in [6.45, 7) is 3.95. The highest BCUT2D eigenvalue weighted by atomic mass is 35.5. The van der Waals surface area contributed by atoms with Crippen molar-refractivity contribution in [2.75, 3.05) is 12.0 Å². The van der Waals surface area contributed by atoms with Gasteiger partial charge in [0, 0.05) is 33.4 Å². The van der Waals surface area contributed by atoms with Gasteiger partial charge in [0.1, 0.15) is 11.5 Å². The molecule has 0 bridgehead atoms. The Kier molecular flexibility index (Phi) is 6.06. The largest absolute Gasteiger partial charge is 0.507 e. The van der Waals surface area contributed by atoms with Crippen LogP contribution in [-0.4, -0.2) is 28.9 Å². The first kappa shape index (κ1) is 23.7. The van der Waals surface area contributed by atoms with E-state index < -0.39 is 17.7 Å². The number of aliphatic hydroxyl groups is 1. The minimum Gasteiger partial charge on any atom is -0.507 e. The summed E-state index contributed by atoms with van der Waals surface area (Å²) in [7, 11) is 1.50. The lowest BCUT2D eigenvalue weighted by Crippen LogP contribution is -2.29. The highest BCUT2D eigenvalue weighted by molar-refractivity contribution is 6.52. The number of benzene rings is 3. The third kappa shape index (κ3) is 3.74. The van der Waals surface area contributed by atoms with Gasteiger partial charge >= 0.3 is 0 Å². The molecule has 0 radical (unpaired) electrons. The van der Waals surface area contributed by atoms with Crippen molar-refractivity contribution in [1.29, 1.82) is 0 Å². The highest BCUT2D eigenvalue weighted by Gasteiger charge is 2.48. The van der Waals surface area contributed by atoms with E-state index in [9.17, 15) is 14.7 Å². The third-order valence-electron chi connectivity index (χ3n) is 6.71. The Balaban J connectivity index is 1.78. The normalized spacial score (nSPS) is 17.2.